The molecule has 1 atom stereocenters. The minimum atomic E-state index is -0.322. The van der Waals surface area contributed by atoms with Crippen LogP contribution in [0.4, 0.5) is 4.39 Å². The van der Waals surface area contributed by atoms with Gasteiger partial charge in [-0.2, -0.15) is 0 Å². The quantitative estimate of drug-likeness (QED) is 0.682. The van der Waals surface area contributed by atoms with Crippen LogP contribution < -0.4 is 15.4 Å². The zero-order valence-corrected chi connectivity index (χ0v) is 12.1. The van der Waals surface area contributed by atoms with Gasteiger partial charge in [-0.1, -0.05) is 13.0 Å². The highest BCUT2D eigenvalue weighted by molar-refractivity contribution is 5.75. The summed E-state index contributed by atoms with van der Waals surface area (Å²) in [6.07, 6.45) is 1.02. The second kappa shape index (κ2) is 9.31. The molecule has 0 radical (unpaired) electrons. The van der Waals surface area contributed by atoms with Crippen molar-refractivity contribution in [3.05, 3.63) is 30.1 Å². The summed E-state index contributed by atoms with van der Waals surface area (Å²) in [5, 5.41) is 6.08. The Morgan fingerprint density at radius 2 is 2.25 bits per heavy atom. The van der Waals surface area contributed by atoms with Crippen molar-refractivity contribution < 1.29 is 13.9 Å². The second-order valence-electron chi connectivity index (χ2n) is 4.67. The molecule has 0 aliphatic rings. The van der Waals surface area contributed by atoms with Crippen molar-refractivity contribution in [1.82, 2.24) is 10.6 Å². The topological polar surface area (TPSA) is 50.4 Å². The first-order valence-electron chi connectivity index (χ1n) is 7.00. The summed E-state index contributed by atoms with van der Waals surface area (Å²) >= 11 is 0. The van der Waals surface area contributed by atoms with E-state index in [-0.39, 0.29) is 17.8 Å². The van der Waals surface area contributed by atoms with Gasteiger partial charge in [0, 0.05) is 25.1 Å². The van der Waals surface area contributed by atoms with Crippen molar-refractivity contribution in [2.45, 2.75) is 32.7 Å². The number of hydrogen-bond donors (Lipinski definition) is 2. The number of carbonyl (C=O) groups excluding carboxylic acids is 1. The van der Waals surface area contributed by atoms with Gasteiger partial charge in [-0.3, -0.25) is 4.79 Å². The van der Waals surface area contributed by atoms with Gasteiger partial charge in [0.1, 0.15) is 11.6 Å². The molecule has 4 nitrogen and oxygen atoms in total. The van der Waals surface area contributed by atoms with Gasteiger partial charge in [0.25, 0.3) is 0 Å². The summed E-state index contributed by atoms with van der Waals surface area (Å²) in [5.41, 5.74) is 0. The predicted octanol–water partition coefficient (Wildman–Crippen LogP) is 2.10. The number of ether oxygens (including phenoxy) is 1. The first kappa shape index (κ1) is 16.4. The van der Waals surface area contributed by atoms with Gasteiger partial charge in [0.2, 0.25) is 5.91 Å². The van der Waals surface area contributed by atoms with Gasteiger partial charge in [-0.05, 0) is 32.0 Å². The highest BCUT2D eigenvalue weighted by Crippen LogP contribution is 2.12. The van der Waals surface area contributed by atoms with E-state index in [0.717, 1.165) is 6.54 Å². The number of nitrogens with one attached hydrogen (secondary N) is 2. The predicted molar refractivity (Wildman–Crippen MR) is 77.3 cm³/mol. The molecule has 1 aromatic rings. The molecule has 112 valence electrons. The summed E-state index contributed by atoms with van der Waals surface area (Å²) < 4.78 is 18.3. The third kappa shape index (κ3) is 7.09. The molecular formula is C15H23FN2O2. The summed E-state index contributed by atoms with van der Waals surface area (Å²) in [6, 6.07) is 6.26. The average Bonchev–Trinajstić information content (AvgIpc) is 2.42. The Kier molecular flexibility index (Phi) is 7.65. The number of rotatable bonds is 9. The van der Waals surface area contributed by atoms with Crippen molar-refractivity contribution in [1.29, 1.82) is 0 Å². The van der Waals surface area contributed by atoms with E-state index in [9.17, 15) is 9.18 Å². The molecular weight excluding hydrogens is 259 g/mol. The van der Waals surface area contributed by atoms with E-state index in [1.165, 1.54) is 12.1 Å². The lowest BCUT2D eigenvalue weighted by atomic mass is 10.3. The number of benzene rings is 1. The minimum absolute atomic E-state index is 0.0117. The Bertz CT molecular complexity index is 413. The average molecular weight is 282 g/mol. The highest BCUT2D eigenvalue weighted by Gasteiger charge is 2.04. The van der Waals surface area contributed by atoms with Crippen LogP contribution in [0.3, 0.4) is 0 Å². The summed E-state index contributed by atoms with van der Waals surface area (Å²) in [4.78, 5) is 11.6. The van der Waals surface area contributed by atoms with Crippen LogP contribution in [-0.2, 0) is 4.79 Å². The Morgan fingerprint density at radius 3 is 2.95 bits per heavy atom. The molecule has 0 bridgehead atoms. The second-order valence-corrected chi connectivity index (χ2v) is 4.67. The summed E-state index contributed by atoms with van der Waals surface area (Å²) in [5.74, 6) is 0.182. The Hall–Kier alpha value is -1.62. The molecule has 1 aromatic carbocycles. The number of amides is 1. The van der Waals surface area contributed by atoms with Gasteiger partial charge in [0.05, 0.1) is 6.61 Å². The van der Waals surface area contributed by atoms with Gasteiger partial charge in [-0.25, -0.2) is 4.39 Å². The highest BCUT2D eigenvalue weighted by atomic mass is 19.1. The Labute approximate surface area is 119 Å². The molecule has 0 spiro atoms. The third-order valence-electron chi connectivity index (χ3n) is 2.77. The van der Waals surface area contributed by atoms with Crippen molar-refractivity contribution in [2.24, 2.45) is 0 Å². The normalized spacial score (nSPS) is 11.9. The monoisotopic (exact) mass is 282 g/mol. The van der Waals surface area contributed by atoms with Crippen LogP contribution in [0.15, 0.2) is 24.3 Å². The smallest absolute Gasteiger partial charge is 0.220 e. The number of carbonyl (C=O) groups is 1. The molecule has 0 fully saturated rings. The fraction of sp³-hybridized carbons (Fsp3) is 0.533. The maximum absolute atomic E-state index is 12.9. The molecule has 5 heteroatoms. The van der Waals surface area contributed by atoms with E-state index >= 15 is 0 Å². The van der Waals surface area contributed by atoms with E-state index in [2.05, 4.69) is 10.6 Å². The Morgan fingerprint density at radius 1 is 1.45 bits per heavy atom. The molecule has 2 N–H and O–H groups in total. The summed E-state index contributed by atoms with van der Waals surface area (Å²) in [6.45, 7) is 5.97. The molecule has 1 rings (SSSR count). The zero-order chi connectivity index (χ0) is 14.8. The van der Waals surface area contributed by atoms with Crippen molar-refractivity contribution in [2.75, 3.05) is 19.7 Å². The lowest BCUT2D eigenvalue weighted by Gasteiger charge is -2.13. The largest absolute Gasteiger partial charge is 0.493 e. The molecule has 20 heavy (non-hydrogen) atoms. The standard InChI is InChI=1S/C15H23FN2O2/c1-3-17-12(2)11-18-15(19)8-5-9-20-14-7-4-6-13(16)10-14/h4,6-7,10,12,17H,3,5,8-9,11H2,1-2H3,(H,18,19)/t12-/m1/s1. The van der Waals surface area contributed by atoms with Crippen LogP contribution in [0.25, 0.3) is 0 Å². The fourth-order valence-electron chi connectivity index (χ4n) is 1.76. The zero-order valence-electron chi connectivity index (χ0n) is 12.1. The molecule has 0 aromatic heterocycles. The van der Waals surface area contributed by atoms with Crippen LogP contribution in [0, 0.1) is 5.82 Å². The van der Waals surface area contributed by atoms with E-state index in [1.807, 2.05) is 13.8 Å². The van der Waals surface area contributed by atoms with Gasteiger partial charge < -0.3 is 15.4 Å². The number of likely N-dealkylation sites (N-methyl/N-ethyl adjacent to an activating group) is 1. The lowest BCUT2D eigenvalue weighted by molar-refractivity contribution is -0.121. The molecule has 0 heterocycles. The molecule has 0 aliphatic heterocycles. The Balaban J connectivity index is 2.10. The van der Waals surface area contributed by atoms with Crippen molar-refractivity contribution in [3.8, 4) is 5.75 Å². The van der Waals surface area contributed by atoms with Crippen LogP contribution in [0.5, 0.6) is 5.75 Å². The van der Waals surface area contributed by atoms with Crippen LogP contribution >= 0.6 is 0 Å². The first-order chi connectivity index (χ1) is 9.61. The number of halogens is 1. The first-order valence-corrected chi connectivity index (χ1v) is 7.00. The van der Waals surface area contributed by atoms with Crippen LogP contribution in [0.2, 0.25) is 0 Å². The van der Waals surface area contributed by atoms with Crippen molar-refractivity contribution in [3.63, 3.8) is 0 Å². The number of hydrogen-bond acceptors (Lipinski definition) is 3. The van der Waals surface area contributed by atoms with Gasteiger partial charge in [-0.15, -0.1) is 0 Å². The van der Waals surface area contributed by atoms with Gasteiger partial charge >= 0.3 is 0 Å². The molecule has 0 unspecified atom stereocenters. The van der Waals surface area contributed by atoms with Crippen LogP contribution in [0.1, 0.15) is 26.7 Å². The molecule has 1 amide bonds. The van der Waals surface area contributed by atoms with Crippen molar-refractivity contribution >= 4 is 5.91 Å². The lowest BCUT2D eigenvalue weighted by Crippen LogP contribution is -2.38. The van der Waals surface area contributed by atoms with E-state index in [0.29, 0.717) is 31.7 Å². The third-order valence-corrected chi connectivity index (χ3v) is 2.77. The molecule has 0 saturated heterocycles. The van der Waals surface area contributed by atoms with E-state index in [4.69, 9.17) is 4.74 Å². The SMILES string of the molecule is CCN[C@H](C)CNC(=O)CCCOc1cccc(F)c1. The fourth-order valence-corrected chi connectivity index (χ4v) is 1.76. The van der Waals surface area contributed by atoms with E-state index < -0.39 is 0 Å². The minimum Gasteiger partial charge on any atom is -0.493 e. The van der Waals surface area contributed by atoms with E-state index in [1.54, 1.807) is 12.1 Å². The maximum atomic E-state index is 12.9. The molecule has 0 saturated carbocycles. The van der Waals surface area contributed by atoms with Crippen LogP contribution in [-0.4, -0.2) is 31.6 Å². The maximum Gasteiger partial charge on any atom is 0.220 e. The molecule has 0 aliphatic carbocycles. The van der Waals surface area contributed by atoms with Gasteiger partial charge in [0.15, 0.2) is 0 Å². The summed E-state index contributed by atoms with van der Waals surface area (Å²) in [7, 11) is 0.